The molecule has 0 aromatic carbocycles. The van der Waals surface area contributed by atoms with Crippen molar-refractivity contribution in [1.29, 1.82) is 0 Å². The van der Waals surface area contributed by atoms with Gasteiger partial charge in [0, 0.05) is 13.2 Å². The standard InChI is InChI=1S/C13H14N2O7/c1-3-7-4-9(18)22-12-10(7)11(19)14(5-8(16)17)13(20)15(12)6-21-2/h4H,3,5-6H2,1-2H3,(H,16,17). The van der Waals surface area contributed by atoms with Gasteiger partial charge in [-0.15, -0.1) is 0 Å². The number of carboxylic acid groups (broad SMARTS) is 1. The van der Waals surface area contributed by atoms with Gasteiger partial charge in [-0.2, -0.15) is 0 Å². The molecule has 1 N–H and O–H groups in total. The first-order valence-electron chi connectivity index (χ1n) is 6.41. The van der Waals surface area contributed by atoms with Gasteiger partial charge >= 0.3 is 17.3 Å². The van der Waals surface area contributed by atoms with Gasteiger partial charge in [0.05, 0.1) is 0 Å². The molecule has 0 spiro atoms. The number of aryl methyl sites for hydroxylation is 1. The molecular weight excluding hydrogens is 296 g/mol. The number of ether oxygens (including phenoxy) is 1. The second-order valence-electron chi connectivity index (χ2n) is 4.54. The minimum Gasteiger partial charge on any atom is -0.480 e. The molecule has 118 valence electrons. The molecule has 0 aliphatic carbocycles. The first-order valence-corrected chi connectivity index (χ1v) is 6.41. The molecule has 0 radical (unpaired) electrons. The number of aliphatic carboxylic acids is 1. The average Bonchev–Trinajstić information content (AvgIpc) is 2.46. The monoisotopic (exact) mass is 310 g/mol. The molecule has 0 amide bonds. The van der Waals surface area contributed by atoms with Crippen LogP contribution in [0.3, 0.4) is 0 Å². The summed E-state index contributed by atoms with van der Waals surface area (Å²) >= 11 is 0. The number of hydrogen-bond donors (Lipinski definition) is 1. The number of rotatable bonds is 5. The molecule has 0 aliphatic heterocycles. The molecule has 0 unspecified atom stereocenters. The van der Waals surface area contributed by atoms with Crippen molar-refractivity contribution < 1.29 is 19.1 Å². The van der Waals surface area contributed by atoms with E-state index in [0.29, 0.717) is 16.6 Å². The number of carbonyl (C=O) groups is 1. The Kier molecular flexibility index (Phi) is 4.27. The number of aromatic nitrogens is 2. The fourth-order valence-corrected chi connectivity index (χ4v) is 2.20. The lowest BCUT2D eigenvalue weighted by Crippen LogP contribution is -2.42. The quantitative estimate of drug-likeness (QED) is 0.780. The summed E-state index contributed by atoms with van der Waals surface area (Å²) in [7, 11) is 1.31. The van der Waals surface area contributed by atoms with Crippen LogP contribution in [0.25, 0.3) is 11.1 Å². The largest absolute Gasteiger partial charge is 0.480 e. The van der Waals surface area contributed by atoms with Crippen LogP contribution in [0.4, 0.5) is 0 Å². The van der Waals surface area contributed by atoms with Gasteiger partial charge in [0.25, 0.3) is 5.56 Å². The highest BCUT2D eigenvalue weighted by Gasteiger charge is 2.19. The van der Waals surface area contributed by atoms with Crippen molar-refractivity contribution in [2.24, 2.45) is 0 Å². The zero-order valence-corrected chi connectivity index (χ0v) is 12.0. The first kappa shape index (κ1) is 15.7. The van der Waals surface area contributed by atoms with E-state index in [1.165, 1.54) is 7.11 Å². The lowest BCUT2D eigenvalue weighted by atomic mass is 10.1. The van der Waals surface area contributed by atoms with E-state index >= 15 is 0 Å². The summed E-state index contributed by atoms with van der Waals surface area (Å²) in [5.41, 5.74) is -2.28. The van der Waals surface area contributed by atoms with Crippen molar-refractivity contribution >= 4 is 17.1 Å². The predicted molar refractivity (Wildman–Crippen MR) is 75.0 cm³/mol. The maximum Gasteiger partial charge on any atom is 0.337 e. The van der Waals surface area contributed by atoms with Crippen LogP contribution in [0.15, 0.2) is 24.9 Å². The first-order chi connectivity index (χ1) is 10.4. The number of carboxylic acids is 1. The Hall–Kier alpha value is -2.68. The topological polar surface area (TPSA) is 121 Å². The van der Waals surface area contributed by atoms with Gasteiger partial charge in [-0.1, -0.05) is 6.92 Å². The van der Waals surface area contributed by atoms with Crippen LogP contribution in [-0.4, -0.2) is 27.3 Å². The Morgan fingerprint density at radius 3 is 2.55 bits per heavy atom. The third-order valence-electron chi connectivity index (χ3n) is 3.12. The fourth-order valence-electron chi connectivity index (χ4n) is 2.20. The highest BCUT2D eigenvalue weighted by molar-refractivity contribution is 5.76. The van der Waals surface area contributed by atoms with Crippen LogP contribution in [0.5, 0.6) is 0 Å². The van der Waals surface area contributed by atoms with E-state index in [0.717, 1.165) is 10.6 Å². The molecule has 0 saturated carbocycles. The third-order valence-corrected chi connectivity index (χ3v) is 3.12. The SMILES string of the molecule is CCc1cc(=O)oc2c1c(=O)n(CC(=O)O)c(=O)n2COC. The van der Waals surface area contributed by atoms with E-state index in [1.807, 2.05) is 0 Å². The predicted octanol–water partition coefficient (Wildman–Crippen LogP) is -0.633. The van der Waals surface area contributed by atoms with E-state index in [9.17, 15) is 19.2 Å². The average molecular weight is 310 g/mol. The Morgan fingerprint density at radius 2 is 2.00 bits per heavy atom. The van der Waals surface area contributed by atoms with Crippen molar-refractivity contribution in [2.75, 3.05) is 7.11 Å². The van der Waals surface area contributed by atoms with Gasteiger partial charge < -0.3 is 14.3 Å². The normalized spacial score (nSPS) is 11.0. The van der Waals surface area contributed by atoms with E-state index in [-0.39, 0.29) is 17.8 Å². The van der Waals surface area contributed by atoms with Crippen LogP contribution in [0.2, 0.25) is 0 Å². The Morgan fingerprint density at radius 1 is 1.32 bits per heavy atom. The van der Waals surface area contributed by atoms with Crippen molar-refractivity contribution in [2.45, 2.75) is 26.6 Å². The van der Waals surface area contributed by atoms with Crippen molar-refractivity contribution in [3.05, 3.63) is 42.9 Å². The summed E-state index contributed by atoms with van der Waals surface area (Å²) in [5.74, 6) is -1.34. The highest BCUT2D eigenvalue weighted by Crippen LogP contribution is 2.12. The molecule has 0 aliphatic rings. The molecule has 0 saturated heterocycles. The van der Waals surface area contributed by atoms with Gasteiger partial charge in [0.15, 0.2) is 0 Å². The lowest BCUT2D eigenvalue weighted by molar-refractivity contribution is -0.137. The Bertz CT molecular complexity index is 903. The number of fused-ring (bicyclic) bond motifs is 1. The molecule has 2 heterocycles. The third kappa shape index (κ3) is 2.58. The van der Waals surface area contributed by atoms with Gasteiger partial charge in [-0.05, 0) is 12.0 Å². The molecule has 0 bridgehead atoms. The molecule has 9 nitrogen and oxygen atoms in total. The number of methoxy groups -OCH3 is 1. The molecule has 2 aromatic heterocycles. The summed E-state index contributed by atoms with van der Waals surface area (Å²) in [4.78, 5) is 47.1. The van der Waals surface area contributed by atoms with Crippen LogP contribution < -0.4 is 16.9 Å². The maximum absolute atomic E-state index is 12.4. The van der Waals surface area contributed by atoms with E-state index in [1.54, 1.807) is 6.92 Å². The zero-order valence-electron chi connectivity index (χ0n) is 12.0. The fraction of sp³-hybridized carbons (Fsp3) is 0.385. The summed E-state index contributed by atoms with van der Waals surface area (Å²) in [6, 6.07) is 1.15. The maximum atomic E-state index is 12.4. The molecule has 2 aromatic rings. The van der Waals surface area contributed by atoms with Gasteiger partial charge in [-0.25, -0.2) is 18.7 Å². The molecule has 0 atom stereocenters. The number of hydrogen-bond acceptors (Lipinski definition) is 6. The summed E-state index contributed by atoms with van der Waals surface area (Å²) in [5, 5.41) is 8.87. The van der Waals surface area contributed by atoms with E-state index in [4.69, 9.17) is 14.3 Å². The van der Waals surface area contributed by atoms with Crippen molar-refractivity contribution in [3.63, 3.8) is 0 Å². The Labute approximate surface area is 123 Å². The second kappa shape index (κ2) is 5.98. The summed E-state index contributed by atoms with van der Waals surface area (Å²) in [6.07, 6.45) is 0.343. The zero-order chi connectivity index (χ0) is 16.4. The lowest BCUT2D eigenvalue weighted by Gasteiger charge is -2.12. The van der Waals surface area contributed by atoms with E-state index in [2.05, 4.69) is 0 Å². The van der Waals surface area contributed by atoms with Gasteiger partial charge in [-0.3, -0.25) is 9.59 Å². The van der Waals surface area contributed by atoms with Gasteiger partial charge in [0.1, 0.15) is 18.7 Å². The van der Waals surface area contributed by atoms with Crippen LogP contribution in [-0.2, 0) is 29.2 Å². The molecule has 2 rings (SSSR count). The summed E-state index contributed by atoms with van der Waals surface area (Å²) < 4.78 is 11.3. The van der Waals surface area contributed by atoms with Crippen LogP contribution in [0, 0.1) is 0 Å². The molecular formula is C13H14N2O7. The van der Waals surface area contributed by atoms with Crippen molar-refractivity contribution in [1.82, 2.24) is 9.13 Å². The number of nitrogens with zero attached hydrogens (tertiary/aromatic N) is 2. The second-order valence-corrected chi connectivity index (χ2v) is 4.54. The smallest absolute Gasteiger partial charge is 0.337 e. The molecule has 22 heavy (non-hydrogen) atoms. The Balaban J connectivity index is 3.04. The van der Waals surface area contributed by atoms with E-state index < -0.39 is 29.4 Å². The van der Waals surface area contributed by atoms with Gasteiger partial charge in [0.2, 0.25) is 5.71 Å². The minimum absolute atomic E-state index is 0.000000000000000444. The van der Waals surface area contributed by atoms with Crippen molar-refractivity contribution in [3.8, 4) is 0 Å². The van der Waals surface area contributed by atoms with Crippen LogP contribution >= 0.6 is 0 Å². The highest BCUT2D eigenvalue weighted by atomic mass is 16.5. The molecule has 0 fully saturated rings. The minimum atomic E-state index is -1.34. The summed E-state index contributed by atoms with van der Waals surface area (Å²) in [6.45, 7) is 0.645. The van der Waals surface area contributed by atoms with Crippen LogP contribution in [0.1, 0.15) is 12.5 Å². The molecule has 9 heteroatoms.